The molecule has 2 heteroatoms. The summed E-state index contributed by atoms with van der Waals surface area (Å²) in [5.41, 5.74) is 2.82. The fourth-order valence-corrected chi connectivity index (χ4v) is 10.4. The minimum atomic E-state index is -1.06. The summed E-state index contributed by atoms with van der Waals surface area (Å²) in [7, 11) is 1.06. The Morgan fingerprint density at radius 2 is 1.20 bits per heavy atom. The third-order valence-corrected chi connectivity index (χ3v) is 12.5. The van der Waals surface area contributed by atoms with Crippen LogP contribution in [-0.2, 0) is 0 Å². The predicted molar refractivity (Wildman–Crippen MR) is 78.4 cm³/mol. The van der Waals surface area contributed by atoms with Crippen molar-refractivity contribution in [2.45, 2.75) is 83.1 Å². The monoisotopic (exact) mass is 243 g/mol. The van der Waals surface area contributed by atoms with Gasteiger partial charge in [-0.3, -0.25) is 0 Å². The lowest BCUT2D eigenvalue weighted by Crippen LogP contribution is -2.44. The van der Waals surface area contributed by atoms with Gasteiger partial charge in [-0.1, -0.05) is 83.1 Å². The third kappa shape index (κ3) is 3.74. The molecule has 0 spiro atoms. The van der Waals surface area contributed by atoms with Gasteiger partial charge in [0.05, 0.1) is 8.07 Å². The van der Waals surface area contributed by atoms with E-state index in [2.05, 4.69) is 51.8 Å². The number of hydrogen-bond acceptors (Lipinski definition) is 0. The van der Waals surface area contributed by atoms with Crippen LogP contribution >= 0.6 is 0 Å². The highest BCUT2D eigenvalue weighted by molar-refractivity contribution is 6.83. The van der Waals surface area contributed by atoms with E-state index in [1.165, 1.54) is 18.9 Å². The molecule has 0 bridgehead atoms. The molecule has 0 nitrogen and oxygen atoms in total. The molecule has 0 fully saturated rings. The topological polar surface area (TPSA) is 0 Å². The van der Waals surface area contributed by atoms with E-state index in [-0.39, 0.29) is 0 Å². The Hall–Kier alpha value is 0.434. The summed E-state index contributed by atoms with van der Waals surface area (Å²) in [6, 6.07) is 2.94. The van der Waals surface area contributed by atoms with E-state index in [4.69, 9.17) is 0 Å². The van der Waals surface area contributed by atoms with Crippen molar-refractivity contribution in [2.75, 3.05) is 0 Å². The van der Waals surface area contributed by atoms with E-state index < -0.39 is 8.07 Å². The summed E-state index contributed by atoms with van der Waals surface area (Å²) in [5, 5.41) is 0. The Morgan fingerprint density at radius 1 is 0.800 bits per heavy atom. The molecule has 0 aromatic carbocycles. The molecular formula is C13H31Si2. The zero-order valence-electron chi connectivity index (χ0n) is 11.8. The van der Waals surface area contributed by atoms with Gasteiger partial charge in [-0.15, -0.1) is 0 Å². The molecule has 0 aromatic rings. The molecule has 0 aliphatic heterocycles. The molecular weight excluding hydrogens is 212 g/mol. The van der Waals surface area contributed by atoms with Gasteiger partial charge in [0.15, 0.2) is 0 Å². The molecule has 15 heavy (non-hydrogen) atoms. The first-order valence-electron chi connectivity index (χ1n) is 6.68. The summed E-state index contributed by atoms with van der Waals surface area (Å²) in [6.45, 7) is 14.8. The number of hydrogen-bond donors (Lipinski definition) is 0. The first-order chi connectivity index (χ1) is 6.89. The molecule has 0 amide bonds. The van der Waals surface area contributed by atoms with Gasteiger partial charge >= 0.3 is 0 Å². The average Bonchev–Trinajstić information content (AvgIpc) is 2.10. The molecule has 0 N–H and O–H groups in total. The molecule has 0 unspecified atom stereocenters. The second-order valence-electron chi connectivity index (χ2n) is 5.89. The van der Waals surface area contributed by atoms with Crippen LogP contribution in [0.5, 0.6) is 0 Å². The molecule has 0 rings (SSSR count). The fourth-order valence-electron chi connectivity index (χ4n) is 3.47. The summed E-state index contributed by atoms with van der Waals surface area (Å²) in [6.07, 6.45) is 2.92. The highest BCUT2D eigenvalue weighted by atomic mass is 28.3. The molecule has 0 aromatic heterocycles. The van der Waals surface area contributed by atoms with E-state index in [9.17, 15) is 0 Å². The van der Waals surface area contributed by atoms with Crippen LogP contribution in [0.3, 0.4) is 0 Å². The normalized spacial score (nSPS) is 13.2. The molecule has 0 heterocycles. The van der Waals surface area contributed by atoms with Gasteiger partial charge in [0.1, 0.15) is 0 Å². The standard InChI is InChI=1S/C13H31Si2/c1-11(2)15(12(3)4,13(5)6)10-8-7-9-14/h11-13H,7-10,14H2,1-6H3. The summed E-state index contributed by atoms with van der Waals surface area (Å²) >= 11 is 0. The lowest BCUT2D eigenvalue weighted by Gasteiger charge is -2.43. The van der Waals surface area contributed by atoms with Crippen molar-refractivity contribution in [3.63, 3.8) is 0 Å². The Morgan fingerprint density at radius 3 is 1.47 bits per heavy atom. The summed E-state index contributed by atoms with van der Waals surface area (Å²) in [4.78, 5) is 0. The first-order valence-corrected chi connectivity index (χ1v) is 10.1. The van der Waals surface area contributed by atoms with Crippen LogP contribution in [0.1, 0.15) is 54.4 Å². The van der Waals surface area contributed by atoms with Crippen LogP contribution in [0.25, 0.3) is 0 Å². The van der Waals surface area contributed by atoms with Crippen LogP contribution in [0.15, 0.2) is 0 Å². The van der Waals surface area contributed by atoms with Crippen molar-refractivity contribution in [3.8, 4) is 0 Å². The van der Waals surface area contributed by atoms with Gasteiger partial charge in [0, 0.05) is 10.2 Å². The SMILES string of the molecule is CC(C)[Si](CCCC[SiH2])(C(C)C)C(C)C. The summed E-state index contributed by atoms with van der Waals surface area (Å²) in [5.74, 6) is 0. The smallest absolute Gasteiger partial charge is 0.0612 e. The highest BCUT2D eigenvalue weighted by Crippen LogP contribution is 2.45. The Balaban J connectivity index is 4.65. The Labute approximate surface area is 102 Å². The van der Waals surface area contributed by atoms with Crippen LogP contribution in [0.2, 0.25) is 28.7 Å². The number of rotatable bonds is 7. The van der Waals surface area contributed by atoms with Gasteiger partial charge in [0.2, 0.25) is 0 Å². The number of unbranched alkanes of at least 4 members (excludes halogenated alkanes) is 1. The van der Waals surface area contributed by atoms with E-state index in [0.717, 1.165) is 16.6 Å². The fraction of sp³-hybridized carbons (Fsp3) is 1.00. The van der Waals surface area contributed by atoms with Crippen LogP contribution in [-0.4, -0.2) is 18.3 Å². The molecule has 0 saturated heterocycles. The largest absolute Gasteiger partial charge is 0.0652 e. The van der Waals surface area contributed by atoms with E-state index in [0.29, 0.717) is 0 Å². The van der Waals surface area contributed by atoms with Gasteiger partial charge < -0.3 is 0 Å². The van der Waals surface area contributed by atoms with E-state index in [1.807, 2.05) is 0 Å². The Kier molecular flexibility index (Phi) is 7.10. The average molecular weight is 244 g/mol. The van der Waals surface area contributed by atoms with Crippen molar-refractivity contribution in [1.82, 2.24) is 0 Å². The van der Waals surface area contributed by atoms with Crippen LogP contribution in [0.4, 0.5) is 0 Å². The van der Waals surface area contributed by atoms with Crippen molar-refractivity contribution in [3.05, 3.63) is 0 Å². The zero-order chi connectivity index (χ0) is 12.1. The Bertz CT molecular complexity index is 140. The minimum Gasteiger partial charge on any atom is -0.0652 e. The molecule has 0 aliphatic carbocycles. The molecule has 0 aliphatic rings. The molecule has 91 valence electrons. The molecule has 0 saturated carbocycles. The van der Waals surface area contributed by atoms with Crippen molar-refractivity contribution < 1.29 is 0 Å². The van der Waals surface area contributed by atoms with Gasteiger partial charge in [-0.25, -0.2) is 0 Å². The zero-order valence-corrected chi connectivity index (χ0v) is 14.2. The summed E-state index contributed by atoms with van der Waals surface area (Å²) < 4.78 is 0. The maximum atomic E-state index is 2.47. The van der Waals surface area contributed by atoms with Crippen molar-refractivity contribution >= 4 is 18.3 Å². The molecule has 0 atom stereocenters. The van der Waals surface area contributed by atoms with E-state index in [1.54, 1.807) is 6.04 Å². The predicted octanol–water partition coefficient (Wildman–Crippen LogP) is 4.50. The third-order valence-electron chi connectivity index (χ3n) is 4.33. The van der Waals surface area contributed by atoms with Gasteiger partial charge in [0.25, 0.3) is 0 Å². The van der Waals surface area contributed by atoms with Crippen LogP contribution in [0, 0.1) is 0 Å². The van der Waals surface area contributed by atoms with Crippen molar-refractivity contribution in [2.24, 2.45) is 0 Å². The maximum Gasteiger partial charge on any atom is 0.0612 e. The maximum absolute atomic E-state index is 2.47. The lowest BCUT2D eigenvalue weighted by molar-refractivity contribution is 0.756. The van der Waals surface area contributed by atoms with Crippen LogP contribution < -0.4 is 0 Å². The highest BCUT2D eigenvalue weighted by Gasteiger charge is 2.41. The second-order valence-corrected chi connectivity index (χ2v) is 12.8. The van der Waals surface area contributed by atoms with Gasteiger partial charge in [-0.05, 0) is 0 Å². The van der Waals surface area contributed by atoms with Crippen molar-refractivity contribution in [1.29, 1.82) is 0 Å². The minimum absolute atomic E-state index is 0.941. The molecule has 1 radical (unpaired) electrons. The lowest BCUT2D eigenvalue weighted by atomic mass is 10.4. The van der Waals surface area contributed by atoms with Gasteiger partial charge in [-0.2, -0.15) is 0 Å². The first kappa shape index (κ1) is 15.4. The quantitative estimate of drug-likeness (QED) is 0.456. The second kappa shape index (κ2) is 6.90. The van der Waals surface area contributed by atoms with E-state index >= 15 is 0 Å².